The number of hydrogen-bond donors (Lipinski definition) is 1. The predicted octanol–water partition coefficient (Wildman–Crippen LogP) is 2.02. The molecule has 0 radical (unpaired) electrons. The minimum absolute atomic E-state index is 0.273. The summed E-state index contributed by atoms with van der Waals surface area (Å²) in [5.74, 6) is 1.17. The highest BCUT2D eigenvalue weighted by atomic mass is 16.3. The Kier molecular flexibility index (Phi) is 6.31. The van der Waals surface area contributed by atoms with Gasteiger partial charge in [-0.25, -0.2) is 4.98 Å². The highest BCUT2D eigenvalue weighted by molar-refractivity contribution is 5.75. The van der Waals surface area contributed by atoms with E-state index in [4.69, 9.17) is 4.98 Å². The number of hydrogen-bond acceptors (Lipinski definition) is 5. The Morgan fingerprint density at radius 2 is 1.89 bits per heavy atom. The first-order valence-corrected chi connectivity index (χ1v) is 10.9. The van der Waals surface area contributed by atoms with Crippen molar-refractivity contribution in [2.45, 2.75) is 51.4 Å². The number of nitrogens with zero attached hydrogens (tertiary/aromatic N) is 5. The molecule has 0 amide bonds. The molecule has 154 valence electrons. The largest absolute Gasteiger partial charge is 0.396 e. The summed E-state index contributed by atoms with van der Waals surface area (Å²) in [4.78, 5) is 12.6. The van der Waals surface area contributed by atoms with Crippen LogP contribution in [-0.2, 0) is 13.1 Å². The molecule has 0 bridgehead atoms. The Labute approximate surface area is 168 Å². The first kappa shape index (κ1) is 19.8. The zero-order valence-electron chi connectivity index (χ0n) is 17.4. The van der Waals surface area contributed by atoms with E-state index in [0.717, 1.165) is 44.7 Å². The molecule has 1 aromatic heterocycles. The number of para-hydroxylation sites is 2. The van der Waals surface area contributed by atoms with Crippen LogP contribution in [0.2, 0.25) is 0 Å². The van der Waals surface area contributed by atoms with E-state index in [2.05, 4.69) is 57.5 Å². The average Bonchev–Trinajstić information content (AvgIpc) is 3.06. The van der Waals surface area contributed by atoms with Crippen molar-refractivity contribution in [3.05, 3.63) is 30.1 Å². The smallest absolute Gasteiger partial charge is 0.124 e. The Hall–Kier alpha value is -1.47. The minimum atomic E-state index is 0.273. The molecular formula is C22H35N5O. The number of rotatable bonds is 6. The Balaban J connectivity index is 1.46. The maximum Gasteiger partial charge on any atom is 0.124 e. The van der Waals surface area contributed by atoms with Gasteiger partial charge in [0.25, 0.3) is 0 Å². The number of benzene rings is 1. The second kappa shape index (κ2) is 8.91. The number of piperazine rings is 1. The van der Waals surface area contributed by atoms with E-state index >= 15 is 0 Å². The van der Waals surface area contributed by atoms with E-state index in [-0.39, 0.29) is 6.61 Å². The van der Waals surface area contributed by atoms with E-state index < -0.39 is 0 Å². The summed E-state index contributed by atoms with van der Waals surface area (Å²) in [6.45, 7) is 9.91. The molecule has 2 aliphatic rings. The zero-order valence-corrected chi connectivity index (χ0v) is 17.4. The number of aliphatic hydroxyl groups is 1. The van der Waals surface area contributed by atoms with Crippen molar-refractivity contribution >= 4 is 11.0 Å². The van der Waals surface area contributed by atoms with Crippen molar-refractivity contribution in [3.8, 4) is 0 Å². The standard InChI is InChI=1S/C22H35N5O/c1-3-26-21-7-5-4-6-20(21)23-22(26)17-25-13-14-27(19(16-25)10-15-28)18-8-11-24(2)12-9-18/h4-7,18-19,28H,3,8-17H2,1-2H3/t19-/m0/s1. The molecule has 3 heterocycles. The number of aryl methyl sites for hydroxylation is 1. The topological polar surface area (TPSA) is 47.8 Å². The third-order valence-corrected chi connectivity index (χ3v) is 6.65. The Morgan fingerprint density at radius 1 is 1.11 bits per heavy atom. The fourth-order valence-corrected chi connectivity index (χ4v) is 5.09. The Bertz CT molecular complexity index is 767. The lowest BCUT2D eigenvalue weighted by Gasteiger charge is -2.47. The summed E-state index contributed by atoms with van der Waals surface area (Å²) in [6, 6.07) is 9.56. The fourth-order valence-electron chi connectivity index (χ4n) is 5.09. The first-order chi connectivity index (χ1) is 13.7. The molecule has 2 aromatic rings. The molecule has 28 heavy (non-hydrogen) atoms. The quantitative estimate of drug-likeness (QED) is 0.824. The van der Waals surface area contributed by atoms with Crippen LogP contribution < -0.4 is 0 Å². The molecule has 0 unspecified atom stereocenters. The monoisotopic (exact) mass is 385 g/mol. The van der Waals surface area contributed by atoms with E-state index in [9.17, 15) is 5.11 Å². The molecule has 1 aromatic carbocycles. The maximum atomic E-state index is 9.66. The predicted molar refractivity (Wildman–Crippen MR) is 113 cm³/mol. The summed E-state index contributed by atoms with van der Waals surface area (Å²) >= 11 is 0. The van der Waals surface area contributed by atoms with E-state index in [0.29, 0.717) is 12.1 Å². The zero-order chi connectivity index (χ0) is 19.5. The third kappa shape index (κ3) is 4.10. The van der Waals surface area contributed by atoms with E-state index in [1.54, 1.807) is 0 Å². The lowest BCUT2D eigenvalue weighted by atomic mass is 9.98. The van der Waals surface area contributed by atoms with Gasteiger partial charge in [-0.05, 0) is 58.5 Å². The van der Waals surface area contributed by atoms with Gasteiger partial charge in [-0.2, -0.15) is 0 Å². The van der Waals surface area contributed by atoms with Gasteiger partial charge in [0.15, 0.2) is 0 Å². The lowest BCUT2D eigenvalue weighted by Crippen LogP contribution is -2.58. The van der Waals surface area contributed by atoms with Crippen LogP contribution in [-0.4, -0.2) is 87.8 Å². The number of aromatic nitrogens is 2. The third-order valence-electron chi connectivity index (χ3n) is 6.65. The first-order valence-electron chi connectivity index (χ1n) is 10.9. The SMILES string of the molecule is CCn1c(CN2CCN(C3CCN(C)CC3)[C@@H](CCO)C2)nc2ccccc21. The van der Waals surface area contributed by atoms with Crippen molar-refractivity contribution in [3.63, 3.8) is 0 Å². The number of piperidine rings is 1. The molecule has 0 spiro atoms. The molecule has 2 saturated heterocycles. The van der Waals surface area contributed by atoms with Crippen molar-refractivity contribution < 1.29 is 5.11 Å². The van der Waals surface area contributed by atoms with Gasteiger partial charge in [0.2, 0.25) is 0 Å². The molecule has 4 rings (SSSR count). The molecule has 6 heteroatoms. The normalized spacial score (nSPS) is 23.6. The molecule has 2 fully saturated rings. The molecule has 1 atom stereocenters. The number of imidazole rings is 1. The molecule has 1 N–H and O–H groups in total. The fraction of sp³-hybridized carbons (Fsp3) is 0.682. The lowest BCUT2D eigenvalue weighted by molar-refractivity contribution is 0.00503. The molecule has 0 aliphatic carbocycles. The van der Waals surface area contributed by atoms with Gasteiger partial charge < -0.3 is 14.6 Å². The van der Waals surface area contributed by atoms with E-state index in [1.807, 2.05) is 0 Å². The number of aliphatic hydroxyl groups excluding tert-OH is 1. The summed E-state index contributed by atoms with van der Waals surface area (Å²) in [7, 11) is 2.22. The molecule has 0 saturated carbocycles. The van der Waals surface area contributed by atoms with E-state index in [1.165, 1.54) is 37.3 Å². The highest BCUT2D eigenvalue weighted by Gasteiger charge is 2.33. The second-order valence-corrected chi connectivity index (χ2v) is 8.43. The van der Waals surface area contributed by atoms with Gasteiger partial charge in [0, 0.05) is 44.9 Å². The molecular weight excluding hydrogens is 350 g/mol. The highest BCUT2D eigenvalue weighted by Crippen LogP contribution is 2.24. The summed E-state index contributed by atoms with van der Waals surface area (Å²) < 4.78 is 2.35. The molecule has 2 aliphatic heterocycles. The van der Waals surface area contributed by atoms with Crippen LogP contribution in [0.1, 0.15) is 32.0 Å². The van der Waals surface area contributed by atoms with Crippen LogP contribution >= 0.6 is 0 Å². The van der Waals surface area contributed by atoms with Crippen LogP contribution in [0.3, 0.4) is 0 Å². The minimum Gasteiger partial charge on any atom is -0.396 e. The van der Waals surface area contributed by atoms with Crippen LogP contribution in [0.4, 0.5) is 0 Å². The Morgan fingerprint density at radius 3 is 2.64 bits per heavy atom. The van der Waals surface area contributed by atoms with Gasteiger partial charge in [-0.1, -0.05) is 12.1 Å². The van der Waals surface area contributed by atoms with Crippen molar-refractivity contribution in [2.75, 3.05) is 46.4 Å². The summed E-state index contributed by atoms with van der Waals surface area (Å²) in [5.41, 5.74) is 2.33. The van der Waals surface area contributed by atoms with Crippen molar-refractivity contribution in [2.24, 2.45) is 0 Å². The van der Waals surface area contributed by atoms with Gasteiger partial charge in [-0.3, -0.25) is 9.80 Å². The maximum absolute atomic E-state index is 9.66. The van der Waals surface area contributed by atoms with Crippen LogP contribution in [0.5, 0.6) is 0 Å². The van der Waals surface area contributed by atoms with Gasteiger partial charge in [0.05, 0.1) is 17.6 Å². The van der Waals surface area contributed by atoms with Crippen LogP contribution in [0.25, 0.3) is 11.0 Å². The van der Waals surface area contributed by atoms with Gasteiger partial charge >= 0.3 is 0 Å². The average molecular weight is 386 g/mol. The van der Waals surface area contributed by atoms with Crippen LogP contribution in [0, 0.1) is 0 Å². The van der Waals surface area contributed by atoms with Crippen molar-refractivity contribution in [1.82, 2.24) is 24.3 Å². The van der Waals surface area contributed by atoms with Gasteiger partial charge in [-0.15, -0.1) is 0 Å². The molecule has 6 nitrogen and oxygen atoms in total. The summed E-state index contributed by atoms with van der Waals surface area (Å²) in [5, 5.41) is 9.66. The number of likely N-dealkylation sites (tertiary alicyclic amines) is 1. The van der Waals surface area contributed by atoms with Gasteiger partial charge in [0.1, 0.15) is 5.82 Å². The number of fused-ring (bicyclic) bond motifs is 1. The van der Waals surface area contributed by atoms with Crippen LogP contribution in [0.15, 0.2) is 24.3 Å². The second-order valence-electron chi connectivity index (χ2n) is 8.43. The van der Waals surface area contributed by atoms with Crippen molar-refractivity contribution in [1.29, 1.82) is 0 Å². The summed E-state index contributed by atoms with van der Waals surface area (Å²) in [6.07, 6.45) is 3.38.